The van der Waals surface area contributed by atoms with E-state index in [4.69, 9.17) is 25.8 Å². The molecule has 6 heteroatoms. The number of aromatic nitrogens is 2. The van der Waals surface area contributed by atoms with Crippen LogP contribution in [-0.4, -0.2) is 31.3 Å². The van der Waals surface area contributed by atoms with Crippen LogP contribution in [0.25, 0.3) is 22.4 Å². The van der Waals surface area contributed by atoms with Crippen LogP contribution < -0.4 is 14.2 Å². The number of hydrogen-bond donors (Lipinski definition) is 1. The minimum absolute atomic E-state index is 0.539. The van der Waals surface area contributed by atoms with Crippen molar-refractivity contribution >= 4 is 22.6 Å². The van der Waals surface area contributed by atoms with Crippen molar-refractivity contribution in [2.75, 3.05) is 21.3 Å². The minimum atomic E-state index is 0.539. The average molecular weight is 319 g/mol. The van der Waals surface area contributed by atoms with E-state index < -0.39 is 0 Å². The Balaban J connectivity index is 2.12. The van der Waals surface area contributed by atoms with Crippen molar-refractivity contribution in [1.82, 2.24) is 9.97 Å². The van der Waals surface area contributed by atoms with Gasteiger partial charge in [0.05, 0.1) is 31.9 Å². The number of fused-ring (bicyclic) bond motifs is 1. The fourth-order valence-electron chi connectivity index (χ4n) is 2.29. The standard InChI is InChI=1S/C16H15ClN2O3/c1-20-10-7-11(17)15-12(8-10)18-16(19-15)9-4-5-13(21-2)14(6-9)22-3/h4-8H,1-3H3,(H,18,19). The van der Waals surface area contributed by atoms with Gasteiger partial charge in [0.1, 0.15) is 17.1 Å². The molecule has 3 aromatic rings. The van der Waals surface area contributed by atoms with E-state index in [1.54, 1.807) is 27.4 Å². The fraction of sp³-hybridized carbons (Fsp3) is 0.188. The van der Waals surface area contributed by atoms with Gasteiger partial charge in [-0.05, 0) is 18.2 Å². The molecule has 3 rings (SSSR count). The van der Waals surface area contributed by atoms with Crippen LogP contribution in [-0.2, 0) is 0 Å². The monoisotopic (exact) mass is 318 g/mol. The van der Waals surface area contributed by atoms with Crippen LogP contribution in [0.2, 0.25) is 5.02 Å². The van der Waals surface area contributed by atoms with E-state index in [9.17, 15) is 0 Å². The predicted octanol–water partition coefficient (Wildman–Crippen LogP) is 3.91. The van der Waals surface area contributed by atoms with Gasteiger partial charge in [0.2, 0.25) is 0 Å². The third-order valence-corrected chi connectivity index (χ3v) is 3.69. The maximum Gasteiger partial charge on any atom is 0.161 e. The first-order chi connectivity index (χ1) is 10.7. The molecular formula is C16H15ClN2O3. The van der Waals surface area contributed by atoms with Gasteiger partial charge in [0, 0.05) is 17.7 Å². The number of halogens is 1. The molecular weight excluding hydrogens is 304 g/mol. The Morgan fingerprint density at radius 3 is 2.41 bits per heavy atom. The second kappa shape index (κ2) is 5.77. The molecule has 0 atom stereocenters. The van der Waals surface area contributed by atoms with Gasteiger partial charge in [-0.25, -0.2) is 4.98 Å². The molecule has 0 bridgehead atoms. The molecule has 5 nitrogen and oxygen atoms in total. The van der Waals surface area contributed by atoms with Crippen molar-refractivity contribution in [2.45, 2.75) is 0 Å². The van der Waals surface area contributed by atoms with Crippen molar-refractivity contribution < 1.29 is 14.2 Å². The van der Waals surface area contributed by atoms with Crippen LogP contribution in [0.1, 0.15) is 0 Å². The van der Waals surface area contributed by atoms with E-state index in [0.717, 1.165) is 11.1 Å². The summed E-state index contributed by atoms with van der Waals surface area (Å²) >= 11 is 6.24. The predicted molar refractivity (Wildman–Crippen MR) is 86.2 cm³/mol. The molecule has 0 aliphatic heterocycles. The van der Waals surface area contributed by atoms with Crippen molar-refractivity contribution in [1.29, 1.82) is 0 Å². The number of benzene rings is 2. The van der Waals surface area contributed by atoms with Crippen molar-refractivity contribution in [3.8, 4) is 28.6 Å². The number of aromatic amines is 1. The number of hydrogen-bond acceptors (Lipinski definition) is 4. The molecule has 0 radical (unpaired) electrons. The number of imidazole rings is 1. The highest BCUT2D eigenvalue weighted by molar-refractivity contribution is 6.35. The topological polar surface area (TPSA) is 56.4 Å². The lowest BCUT2D eigenvalue weighted by atomic mass is 10.2. The molecule has 114 valence electrons. The van der Waals surface area contributed by atoms with E-state index in [2.05, 4.69) is 9.97 Å². The zero-order valence-corrected chi connectivity index (χ0v) is 13.2. The number of nitrogens with one attached hydrogen (secondary N) is 1. The second-order valence-electron chi connectivity index (χ2n) is 4.66. The van der Waals surface area contributed by atoms with Gasteiger partial charge in [-0.1, -0.05) is 11.6 Å². The van der Waals surface area contributed by atoms with E-state index in [-0.39, 0.29) is 0 Å². The molecule has 0 spiro atoms. The van der Waals surface area contributed by atoms with Crippen LogP contribution in [0, 0.1) is 0 Å². The Bertz CT molecular complexity index is 830. The van der Waals surface area contributed by atoms with Crippen LogP contribution in [0.3, 0.4) is 0 Å². The Morgan fingerprint density at radius 2 is 1.73 bits per heavy atom. The van der Waals surface area contributed by atoms with Gasteiger partial charge in [0.15, 0.2) is 11.5 Å². The third kappa shape index (κ3) is 2.44. The molecule has 0 saturated carbocycles. The number of ether oxygens (including phenoxy) is 3. The summed E-state index contributed by atoms with van der Waals surface area (Å²) < 4.78 is 15.8. The van der Waals surface area contributed by atoms with Gasteiger partial charge in [-0.2, -0.15) is 0 Å². The molecule has 2 aromatic carbocycles. The lowest BCUT2D eigenvalue weighted by Crippen LogP contribution is -1.91. The van der Waals surface area contributed by atoms with Crippen LogP contribution >= 0.6 is 11.6 Å². The maximum absolute atomic E-state index is 6.24. The summed E-state index contributed by atoms with van der Waals surface area (Å²) in [6.45, 7) is 0. The minimum Gasteiger partial charge on any atom is -0.497 e. The largest absolute Gasteiger partial charge is 0.497 e. The average Bonchev–Trinajstić information content (AvgIpc) is 2.98. The van der Waals surface area contributed by atoms with Crippen molar-refractivity contribution in [3.63, 3.8) is 0 Å². The summed E-state index contributed by atoms with van der Waals surface area (Å²) in [5, 5.41) is 0.539. The first kappa shape index (κ1) is 14.5. The summed E-state index contributed by atoms with van der Waals surface area (Å²) in [6, 6.07) is 9.21. The lowest BCUT2D eigenvalue weighted by molar-refractivity contribution is 0.355. The van der Waals surface area contributed by atoms with Crippen LogP contribution in [0.5, 0.6) is 17.2 Å². The number of nitrogens with zero attached hydrogens (tertiary/aromatic N) is 1. The molecule has 0 fully saturated rings. The van der Waals surface area contributed by atoms with Crippen LogP contribution in [0.4, 0.5) is 0 Å². The molecule has 0 aliphatic carbocycles. The van der Waals surface area contributed by atoms with Gasteiger partial charge in [-0.3, -0.25) is 0 Å². The highest BCUT2D eigenvalue weighted by atomic mass is 35.5. The smallest absolute Gasteiger partial charge is 0.161 e. The van der Waals surface area contributed by atoms with Gasteiger partial charge >= 0.3 is 0 Å². The Kier molecular flexibility index (Phi) is 3.81. The quantitative estimate of drug-likeness (QED) is 0.792. The molecule has 1 heterocycles. The Morgan fingerprint density at radius 1 is 0.955 bits per heavy atom. The van der Waals surface area contributed by atoms with Crippen LogP contribution in [0.15, 0.2) is 30.3 Å². The van der Waals surface area contributed by atoms with Gasteiger partial charge in [0.25, 0.3) is 0 Å². The number of rotatable bonds is 4. The van der Waals surface area contributed by atoms with E-state index in [1.807, 2.05) is 24.3 Å². The zero-order chi connectivity index (χ0) is 15.7. The summed E-state index contributed by atoms with van der Waals surface area (Å²) in [5.41, 5.74) is 2.39. The van der Waals surface area contributed by atoms with E-state index in [1.165, 1.54) is 0 Å². The van der Waals surface area contributed by atoms with Gasteiger partial charge < -0.3 is 19.2 Å². The van der Waals surface area contributed by atoms with E-state index in [0.29, 0.717) is 33.6 Å². The van der Waals surface area contributed by atoms with E-state index >= 15 is 0 Å². The number of H-pyrrole nitrogens is 1. The molecule has 1 aromatic heterocycles. The molecule has 0 aliphatic rings. The Labute approximate surface area is 132 Å². The molecule has 0 amide bonds. The molecule has 0 saturated heterocycles. The van der Waals surface area contributed by atoms with Crippen molar-refractivity contribution in [2.24, 2.45) is 0 Å². The normalized spacial score (nSPS) is 10.7. The molecule has 1 N–H and O–H groups in total. The first-order valence-corrected chi connectivity index (χ1v) is 6.99. The zero-order valence-electron chi connectivity index (χ0n) is 12.4. The summed E-state index contributed by atoms with van der Waals surface area (Å²) in [5.74, 6) is 2.69. The summed E-state index contributed by atoms with van der Waals surface area (Å²) in [7, 11) is 4.80. The Hall–Kier alpha value is -2.40. The number of methoxy groups -OCH3 is 3. The second-order valence-corrected chi connectivity index (χ2v) is 5.07. The third-order valence-electron chi connectivity index (χ3n) is 3.41. The highest BCUT2D eigenvalue weighted by Crippen LogP contribution is 2.34. The maximum atomic E-state index is 6.24. The SMILES string of the molecule is COc1cc(Cl)c2nc(-c3ccc(OC)c(OC)c3)[nH]c2c1. The first-order valence-electron chi connectivity index (χ1n) is 6.62. The fourth-order valence-corrected chi connectivity index (χ4v) is 2.54. The summed E-state index contributed by atoms with van der Waals surface area (Å²) in [6.07, 6.45) is 0. The summed E-state index contributed by atoms with van der Waals surface area (Å²) in [4.78, 5) is 7.79. The highest BCUT2D eigenvalue weighted by Gasteiger charge is 2.12. The van der Waals surface area contributed by atoms with Gasteiger partial charge in [-0.15, -0.1) is 0 Å². The lowest BCUT2D eigenvalue weighted by Gasteiger charge is -2.08. The molecule has 22 heavy (non-hydrogen) atoms. The van der Waals surface area contributed by atoms with Crippen molar-refractivity contribution in [3.05, 3.63) is 35.4 Å². The molecule has 0 unspecified atom stereocenters.